The molecule has 6 nitrogen and oxygen atoms in total. The van der Waals surface area contributed by atoms with Crippen molar-refractivity contribution in [3.8, 4) is 0 Å². The third-order valence-electron chi connectivity index (χ3n) is 2.92. The Labute approximate surface area is 121 Å². The first-order valence-electron chi connectivity index (χ1n) is 7.40. The Kier molecular flexibility index (Phi) is 11.9. The highest BCUT2D eigenvalue weighted by Gasteiger charge is 1.99. The van der Waals surface area contributed by atoms with Crippen LogP contribution in [0.3, 0.4) is 0 Å². The van der Waals surface area contributed by atoms with E-state index in [1.807, 2.05) is 14.1 Å². The van der Waals surface area contributed by atoms with Crippen LogP contribution in [0, 0.1) is 0 Å². The van der Waals surface area contributed by atoms with Gasteiger partial charge in [0.2, 0.25) is 0 Å². The molecule has 0 radical (unpaired) electrons. The molecule has 0 rings (SSSR count). The van der Waals surface area contributed by atoms with Gasteiger partial charge >= 0.3 is 12.0 Å². The smallest absolute Gasteiger partial charge is 0.314 e. The van der Waals surface area contributed by atoms with Crippen LogP contribution in [0.1, 0.15) is 44.9 Å². The lowest BCUT2D eigenvalue weighted by Gasteiger charge is -2.10. The van der Waals surface area contributed by atoms with Crippen molar-refractivity contribution in [2.24, 2.45) is 0 Å². The van der Waals surface area contributed by atoms with Crippen molar-refractivity contribution in [3.63, 3.8) is 0 Å². The van der Waals surface area contributed by atoms with Crippen LogP contribution in [-0.4, -0.2) is 55.7 Å². The summed E-state index contributed by atoms with van der Waals surface area (Å²) in [7, 11) is 4.08. The lowest BCUT2D eigenvalue weighted by atomic mass is 10.1. The average Bonchev–Trinajstić information content (AvgIpc) is 2.36. The number of hydrogen-bond acceptors (Lipinski definition) is 3. The molecule has 0 aromatic rings. The summed E-state index contributed by atoms with van der Waals surface area (Å²) in [5.41, 5.74) is 0. The second-order valence-corrected chi connectivity index (χ2v) is 5.25. The Morgan fingerprint density at radius 1 is 0.900 bits per heavy atom. The molecule has 0 heterocycles. The fourth-order valence-electron chi connectivity index (χ4n) is 1.77. The van der Waals surface area contributed by atoms with Gasteiger partial charge in [0.05, 0.1) is 0 Å². The van der Waals surface area contributed by atoms with Gasteiger partial charge in [-0.25, -0.2) is 4.79 Å². The second-order valence-electron chi connectivity index (χ2n) is 5.25. The zero-order chi connectivity index (χ0) is 15.2. The Balaban J connectivity index is 3.22. The van der Waals surface area contributed by atoms with Gasteiger partial charge in [-0.3, -0.25) is 4.79 Å². The summed E-state index contributed by atoms with van der Waals surface area (Å²) in [6.45, 7) is 2.40. The molecule has 0 fully saturated rings. The largest absolute Gasteiger partial charge is 0.481 e. The molecule has 0 spiro atoms. The molecular formula is C14H29N3O3. The van der Waals surface area contributed by atoms with Gasteiger partial charge in [0, 0.05) is 19.5 Å². The molecule has 6 heteroatoms. The second kappa shape index (κ2) is 12.7. The van der Waals surface area contributed by atoms with Gasteiger partial charge in [-0.15, -0.1) is 0 Å². The summed E-state index contributed by atoms with van der Waals surface area (Å²) in [5.74, 6) is -0.739. The quantitative estimate of drug-likeness (QED) is 0.477. The van der Waals surface area contributed by atoms with Gasteiger partial charge in [0.1, 0.15) is 0 Å². The Hall–Kier alpha value is -1.30. The molecule has 0 aromatic heterocycles. The van der Waals surface area contributed by atoms with Crippen LogP contribution < -0.4 is 10.6 Å². The van der Waals surface area contributed by atoms with Crippen LogP contribution in [0.15, 0.2) is 0 Å². The van der Waals surface area contributed by atoms with E-state index in [0.717, 1.165) is 38.6 Å². The molecule has 0 aliphatic carbocycles. The third kappa shape index (κ3) is 14.8. The average molecular weight is 287 g/mol. The van der Waals surface area contributed by atoms with Gasteiger partial charge in [0.15, 0.2) is 0 Å². The van der Waals surface area contributed by atoms with Crippen molar-refractivity contribution in [1.29, 1.82) is 0 Å². The summed E-state index contributed by atoms with van der Waals surface area (Å²) < 4.78 is 0. The molecule has 0 aliphatic heterocycles. The summed E-state index contributed by atoms with van der Waals surface area (Å²) in [4.78, 5) is 23.8. The lowest BCUT2D eigenvalue weighted by Crippen LogP contribution is -2.36. The molecule has 3 N–H and O–H groups in total. The third-order valence-corrected chi connectivity index (χ3v) is 2.92. The number of amides is 2. The molecule has 118 valence electrons. The predicted molar refractivity (Wildman–Crippen MR) is 79.9 cm³/mol. The number of aliphatic carboxylic acids is 1. The normalized spacial score (nSPS) is 10.6. The standard InChI is InChI=1S/C14H29N3O3/c1-17(2)12-8-7-11-16-14(20)15-10-6-4-3-5-9-13(18)19/h3-12H2,1-2H3,(H,18,19)(H2,15,16,20). The maximum Gasteiger partial charge on any atom is 0.314 e. The summed E-state index contributed by atoms with van der Waals surface area (Å²) in [5, 5.41) is 14.1. The maximum atomic E-state index is 11.4. The number of unbranched alkanes of at least 4 members (excludes halogenated alkanes) is 4. The topological polar surface area (TPSA) is 81.7 Å². The van der Waals surface area contributed by atoms with Crippen molar-refractivity contribution < 1.29 is 14.7 Å². The van der Waals surface area contributed by atoms with E-state index >= 15 is 0 Å². The highest BCUT2D eigenvalue weighted by atomic mass is 16.4. The zero-order valence-electron chi connectivity index (χ0n) is 12.8. The predicted octanol–water partition coefficient (Wildman–Crippen LogP) is 1.66. The molecule has 0 bridgehead atoms. The minimum Gasteiger partial charge on any atom is -0.481 e. The Morgan fingerprint density at radius 3 is 2.00 bits per heavy atom. The van der Waals surface area contributed by atoms with Crippen molar-refractivity contribution in [2.45, 2.75) is 44.9 Å². The van der Waals surface area contributed by atoms with Crippen LogP contribution in [0.4, 0.5) is 4.79 Å². The van der Waals surface area contributed by atoms with Crippen molar-refractivity contribution in [3.05, 3.63) is 0 Å². The molecule has 0 aromatic carbocycles. The fourth-order valence-corrected chi connectivity index (χ4v) is 1.77. The van der Waals surface area contributed by atoms with E-state index in [1.165, 1.54) is 0 Å². The Morgan fingerprint density at radius 2 is 1.45 bits per heavy atom. The van der Waals surface area contributed by atoms with Crippen LogP contribution in [0.5, 0.6) is 0 Å². The minimum absolute atomic E-state index is 0.111. The maximum absolute atomic E-state index is 11.4. The summed E-state index contributed by atoms with van der Waals surface area (Å²) >= 11 is 0. The number of nitrogens with one attached hydrogen (secondary N) is 2. The molecule has 0 unspecified atom stereocenters. The SMILES string of the molecule is CN(C)CCCCNC(=O)NCCCCCCC(=O)O. The number of urea groups is 1. The number of hydrogen-bond donors (Lipinski definition) is 3. The van der Waals surface area contributed by atoms with Crippen molar-refractivity contribution in [1.82, 2.24) is 15.5 Å². The fraction of sp³-hybridized carbons (Fsp3) is 0.857. The molecular weight excluding hydrogens is 258 g/mol. The highest BCUT2D eigenvalue weighted by molar-refractivity contribution is 5.73. The minimum atomic E-state index is -0.739. The number of carboxylic acid groups (broad SMARTS) is 1. The van der Waals surface area contributed by atoms with Gasteiger partial charge < -0.3 is 20.6 Å². The monoisotopic (exact) mass is 287 g/mol. The van der Waals surface area contributed by atoms with Crippen molar-refractivity contribution in [2.75, 3.05) is 33.7 Å². The molecule has 0 saturated carbocycles. The summed E-state index contributed by atoms with van der Waals surface area (Å²) in [6, 6.07) is -0.111. The lowest BCUT2D eigenvalue weighted by molar-refractivity contribution is -0.137. The Bertz CT molecular complexity index is 270. The van der Waals surface area contributed by atoms with E-state index in [4.69, 9.17) is 5.11 Å². The summed E-state index contributed by atoms with van der Waals surface area (Å²) in [6.07, 6.45) is 5.77. The number of nitrogens with zero attached hydrogens (tertiary/aromatic N) is 1. The first-order valence-corrected chi connectivity index (χ1v) is 7.40. The number of carbonyl (C=O) groups is 2. The van der Waals surface area contributed by atoms with Gasteiger partial charge in [-0.2, -0.15) is 0 Å². The van der Waals surface area contributed by atoms with Gasteiger partial charge in [-0.1, -0.05) is 12.8 Å². The van der Waals surface area contributed by atoms with Crippen LogP contribution in [-0.2, 0) is 4.79 Å². The van der Waals surface area contributed by atoms with Gasteiger partial charge in [0.25, 0.3) is 0 Å². The van der Waals surface area contributed by atoms with Gasteiger partial charge in [-0.05, 0) is 46.3 Å². The van der Waals surface area contributed by atoms with Crippen LogP contribution in [0.25, 0.3) is 0 Å². The molecule has 0 saturated heterocycles. The number of rotatable bonds is 12. The van der Waals surface area contributed by atoms with Crippen molar-refractivity contribution >= 4 is 12.0 Å². The molecule has 0 atom stereocenters. The van der Waals surface area contributed by atoms with E-state index in [-0.39, 0.29) is 12.5 Å². The van der Waals surface area contributed by atoms with E-state index in [9.17, 15) is 9.59 Å². The van der Waals surface area contributed by atoms with E-state index < -0.39 is 5.97 Å². The number of carbonyl (C=O) groups excluding carboxylic acids is 1. The first kappa shape index (κ1) is 18.7. The van der Waals surface area contributed by atoms with Crippen LogP contribution in [0.2, 0.25) is 0 Å². The first-order chi connectivity index (χ1) is 9.52. The number of carboxylic acids is 1. The molecule has 20 heavy (non-hydrogen) atoms. The molecule has 0 aliphatic rings. The van der Waals surface area contributed by atoms with E-state index in [2.05, 4.69) is 15.5 Å². The molecule has 2 amide bonds. The van der Waals surface area contributed by atoms with E-state index in [1.54, 1.807) is 0 Å². The zero-order valence-corrected chi connectivity index (χ0v) is 12.8. The highest BCUT2D eigenvalue weighted by Crippen LogP contribution is 2.01. The van der Waals surface area contributed by atoms with E-state index in [0.29, 0.717) is 19.5 Å². The van der Waals surface area contributed by atoms with Crippen LogP contribution >= 0.6 is 0 Å².